The van der Waals surface area contributed by atoms with Crippen LogP contribution in [-0.2, 0) is 17.7 Å². The smallest absolute Gasteiger partial charge is 0.325 e. The topological polar surface area (TPSA) is 65.3 Å². The van der Waals surface area contributed by atoms with Gasteiger partial charge in [0.1, 0.15) is 13.1 Å². The Hall–Kier alpha value is -0.970. The van der Waals surface area contributed by atoms with Gasteiger partial charge >= 0.3 is 7.60 Å². The summed E-state index contributed by atoms with van der Waals surface area (Å²) in [5.74, 6) is 0. The van der Waals surface area contributed by atoms with Crippen LogP contribution in [0.15, 0.2) is 49.1 Å². The van der Waals surface area contributed by atoms with Crippen LogP contribution in [-0.4, -0.2) is 15.9 Å². The van der Waals surface area contributed by atoms with Gasteiger partial charge in [-0.05, 0) is 17.5 Å². The van der Waals surface area contributed by atoms with E-state index in [0.717, 1.165) is 12.1 Å². The minimum absolute atomic E-state index is 0. The Bertz CT molecular complexity index is 676. The van der Waals surface area contributed by atoms with E-state index in [1.165, 1.54) is 24.8 Å². The second kappa shape index (κ2) is 12.4. The average molecular weight is 421 g/mol. The third kappa shape index (κ3) is 9.11. The van der Waals surface area contributed by atoms with Crippen LogP contribution in [0.2, 0.25) is 0 Å². The van der Waals surface area contributed by atoms with Crippen molar-refractivity contribution in [3.05, 3.63) is 49.1 Å². The number of aromatic nitrogens is 2. The van der Waals surface area contributed by atoms with Crippen molar-refractivity contribution in [1.82, 2.24) is 0 Å². The molecule has 2 rings (SSSR count). The number of halogens is 2. The van der Waals surface area contributed by atoms with Gasteiger partial charge in [0.2, 0.25) is 0 Å². The first-order chi connectivity index (χ1) is 11.5. The summed E-state index contributed by atoms with van der Waals surface area (Å²) < 4.78 is 15.0. The van der Waals surface area contributed by atoms with Crippen LogP contribution in [0.1, 0.15) is 32.6 Å². The van der Waals surface area contributed by atoms with Crippen LogP contribution in [0.3, 0.4) is 0 Å². The quantitative estimate of drug-likeness (QED) is 0.253. The van der Waals surface area contributed by atoms with Gasteiger partial charge in [0, 0.05) is 37.1 Å². The van der Waals surface area contributed by atoms with Crippen LogP contribution in [0.5, 0.6) is 0 Å². The number of aryl methyl sites for hydroxylation is 2. The van der Waals surface area contributed by atoms with Crippen molar-refractivity contribution in [3.63, 3.8) is 0 Å². The molecule has 0 amide bonds. The van der Waals surface area contributed by atoms with Gasteiger partial charge in [-0.2, -0.15) is 0 Å². The van der Waals surface area contributed by atoms with E-state index >= 15 is 0 Å². The lowest BCUT2D eigenvalue weighted by Gasteiger charge is -2.03. The van der Waals surface area contributed by atoms with E-state index in [9.17, 15) is 4.57 Å². The summed E-state index contributed by atoms with van der Waals surface area (Å²) in [7, 11) is -3.89. The Labute approximate surface area is 168 Å². The molecule has 146 valence electrons. The highest BCUT2D eigenvalue weighted by Crippen LogP contribution is 2.34. The molecule has 0 radical (unpaired) electrons. The monoisotopic (exact) mass is 420 g/mol. The molecule has 26 heavy (non-hydrogen) atoms. The van der Waals surface area contributed by atoms with Gasteiger partial charge in [-0.15, -0.1) is 0 Å². The van der Waals surface area contributed by atoms with E-state index in [0.29, 0.717) is 13.0 Å². The van der Waals surface area contributed by atoms with Gasteiger partial charge in [-0.1, -0.05) is 13.3 Å². The maximum Gasteiger partial charge on any atom is 0.325 e. The summed E-state index contributed by atoms with van der Waals surface area (Å²) in [4.78, 5) is 17.8. The highest BCUT2D eigenvalue weighted by atomic mass is 35.5. The highest BCUT2D eigenvalue weighted by molar-refractivity contribution is 7.51. The zero-order valence-electron chi connectivity index (χ0n) is 15.0. The standard InChI is InChI=1S/C18H25N2O3P.2ClH/c1-2-3-4-10-19-12-6-17(7-13-19)18-8-14-20(15-9-18)11-5-16-24(21,22)23;;/h6-9,12-15H,2-5,10-11,16H2,1H3;2*1H. The second-order valence-electron chi connectivity index (χ2n) is 6.10. The van der Waals surface area contributed by atoms with E-state index in [1.807, 2.05) is 29.1 Å². The molecule has 0 atom stereocenters. The lowest BCUT2D eigenvalue weighted by atomic mass is 10.1. The SMILES string of the molecule is CCCCC[n+]1ccc(-c2cc[n+](CCCP(=O)(O)O)cc2)cc1.[Cl-].[Cl-]. The Morgan fingerprint density at radius 1 is 0.808 bits per heavy atom. The first-order valence-electron chi connectivity index (χ1n) is 8.51. The predicted octanol–water partition coefficient (Wildman–Crippen LogP) is -3.31. The van der Waals surface area contributed by atoms with Gasteiger partial charge < -0.3 is 34.6 Å². The van der Waals surface area contributed by atoms with Crippen LogP contribution in [0.25, 0.3) is 11.1 Å². The van der Waals surface area contributed by atoms with Gasteiger partial charge in [0.15, 0.2) is 24.8 Å². The molecule has 8 heteroatoms. The molecular formula is C18H27Cl2N2O3P. The first-order valence-corrected chi connectivity index (χ1v) is 10.3. The van der Waals surface area contributed by atoms with Gasteiger partial charge in [-0.25, -0.2) is 9.13 Å². The van der Waals surface area contributed by atoms with Crippen LogP contribution in [0.4, 0.5) is 0 Å². The van der Waals surface area contributed by atoms with Crippen LogP contribution >= 0.6 is 7.60 Å². The van der Waals surface area contributed by atoms with Crippen molar-refractivity contribution in [2.45, 2.75) is 45.7 Å². The Kier molecular flexibility index (Phi) is 12.0. The Morgan fingerprint density at radius 2 is 1.23 bits per heavy atom. The number of pyridine rings is 2. The zero-order valence-corrected chi connectivity index (χ0v) is 17.4. The van der Waals surface area contributed by atoms with E-state index in [2.05, 4.69) is 36.0 Å². The van der Waals surface area contributed by atoms with Crippen LogP contribution in [0, 0.1) is 0 Å². The molecule has 0 saturated carbocycles. The third-order valence-corrected chi connectivity index (χ3v) is 4.90. The minimum atomic E-state index is -3.89. The van der Waals surface area contributed by atoms with Crippen molar-refractivity contribution < 1.29 is 48.3 Å². The Morgan fingerprint density at radius 3 is 1.62 bits per heavy atom. The Balaban J connectivity index is 0.00000312. The molecule has 5 nitrogen and oxygen atoms in total. The van der Waals surface area contributed by atoms with E-state index in [4.69, 9.17) is 9.79 Å². The molecule has 0 unspecified atom stereocenters. The van der Waals surface area contributed by atoms with Crippen molar-refractivity contribution >= 4 is 7.60 Å². The third-order valence-electron chi connectivity index (χ3n) is 4.00. The molecule has 0 fully saturated rings. The number of rotatable bonds is 9. The van der Waals surface area contributed by atoms with E-state index in [1.54, 1.807) is 0 Å². The molecule has 2 N–H and O–H groups in total. The minimum Gasteiger partial charge on any atom is -1.00 e. The first kappa shape index (κ1) is 25.0. The summed E-state index contributed by atoms with van der Waals surface area (Å²) >= 11 is 0. The molecule has 0 spiro atoms. The molecule has 0 aliphatic carbocycles. The molecule has 0 aromatic carbocycles. The highest BCUT2D eigenvalue weighted by Gasteiger charge is 2.13. The maximum absolute atomic E-state index is 10.9. The summed E-state index contributed by atoms with van der Waals surface area (Å²) in [6.45, 7) is 3.88. The summed E-state index contributed by atoms with van der Waals surface area (Å²) in [5.41, 5.74) is 2.31. The number of nitrogens with zero attached hydrogens (tertiary/aromatic N) is 2. The van der Waals surface area contributed by atoms with Gasteiger partial charge in [0.25, 0.3) is 0 Å². The van der Waals surface area contributed by atoms with E-state index in [-0.39, 0.29) is 31.0 Å². The number of hydrogen-bond donors (Lipinski definition) is 2. The predicted molar refractivity (Wildman–Crippen MR) is 93.3 cm³/mol. The fraction of sp³-hybridized carbons (Fsp3) is 0.444. The fourth-order valence-corrected chi connectivity index (χ4v) is 3.15. The summed E-state index contributed by atoms with van der Waals surface area (Å²) in [6, 6.07) is 8.32. The molecule has 2 heterocycles. The fourth-order valence-electron chi connectivity index (χ4n) is 2.60. The lowest BCUT2D eigenvalue weighted by molar-refractivity contribution is -0.697. The number of unbranched alkanes of at least 4 members (excludes halogenated alkanes) is 2. The number of hydrogen-bond acceptors (Lipinski definition) is 1. The van der Waals surface area contributed by atoms with Gasteiger partial charge in [-0.3, -0.25) is 4.57 Å². The van der Waals surface area contributed by atoms with E-state index < -0.39 is 7.60 Å². The van der Waals surface area contributed by atoms with Crippen LogP contribution < -0.4 is 33.9 Å². The maximum atomic E-state index is 10.9. The second-order valence-corrected chi connectivity index (χ2v) is 7.87. The molecule has 0 bridgehead atoms. The molecule has 2 aromatic rings. The van der Waals surface area contributed by atoms with Crippen molar-refractivity contribution in [2.24, 2.45) is 0 Å². The summed E-state index contributed by atoms with van der Waals surface area (Å²) in [6.07, 6.45) is 12.2. The lowest BCUT2D eigenvalue weighted by Crippen LogP contribution is -3.00. The average Bonchev–Trinajstić information content (AvgIpc) is 2.55. The molecule has 0 saturated heterocycles. The van der Waals surface area contributed by atoms with Crippen molar-refractivity contribution in [2.75, 3.05) is 6.16 Å². The molecule has 0 aliphatic heterocycles. The molecule has 0 aliphatic rings. The summed E-state index contributed by atoms with van der Waals surface area (Å²) in [5, 5.41) is 0. The zero-order chi connectivity index (χ0) is 17.4. The van der Waals surface area contributed by atoms with Crippen molar-refractivity contribution in [1.29, 1.82) is 0 Å². The normalized spacial score (nSPS) is 10.7. The van der Waals surface area contributed by atoms with Crippen molar-refractivity contribution in [3.8, 4) is 11.1 Å². The molecule has 2 aromatic heterocycles. The largest absolute Gasteiger partial charge is 1.00 e. The van der Waals surface area contributed by atoms with Gasteiger partial charge in [0.05, 0.1) is 6.16 Å². The molecular weight excluding hydrogens is 394 g/mol.